The lowest BCUT2D eigenvalue weighted by atomic mass is 10.1. The van der Waals surface area contributed by atoms with Crippen molar-refractivity contribution in [2.75, 3.05) is 40.8 Å². The Hall–Kier alpha value is -2.31. The van der Waals surface area contributed by atoms with E-state index in [0.29, 0.717) is 31.3 Å². The molecule has 1 aromatic carbocycles. The largest absolute Gasteiger partial charge is 0.493 e. The second kappa shape index (κ2) is 12.2. The van der Waals surface area contributed by atoms with Crippen molar-refractivity contribution in [2.45, 2.75) is 6.92 Å². The highest BCUT2D eigenvalue weighted by molar-refractivity contribution is 5.82. The molecule has 0 spiro atoms. The van der Waals surface area contributed by atoms with E-state index in [1.165, 1.54) is 6.08 Å². The Morgan fingerprint density at radius 3 is 2.71 bits per heavy atom. The average molecular weight is 336 g/mol. The van der Waals surface area contributed by atoms with Crippen molar-refractivity contribution in [1.82, 2.24) is 0 Å². The van der Waals surface area contributed by atoms with Crippen LogP contribution in [-0.4, -0.2) is 46.8 Å². The number of carbonyl (C=O) groups is 1. The van der Waals surface area contributed by atoms with Gasteiger partial charge in [0.05, 0.1) is 26.9 Å². The van der Waals surface area contributed by atoms with Crippen LogP contribution in [0, 0.1) is 0 Å². The minimum absolute atomic E-state index is 0.0865. The number of para-hydroxylation sites is 1. The third kappa shape index (κ3) is 7.30. The Labute approximate surface area is 142 Å². The van der Waals surface area contributed by atoms with E-state index in [-0.39, 0.29) is 12.8 Å². The molecule has 0 bridgehead atoms. The number of rotatable bonds is 11. The van der Waals surface area contributed by atoms with Crippen molar-refractivity contribution in [2.24, 2.45) is 0 Å². The lowest BCUT2D eigenvalue weighted by Crippen LogP contribution is -2.09. The van der Waals surface area contributed by atoms with Crippen LogP contribution in [0.15, 0.2) is 36.4 Å². The maximum atomic E-state index is 11.2. The van der Waals surface area contributed by atoms with Crippen LogP contribution in [0.3, 0.4) is 0 Å². The van der Waals surface area contributed by atoms with E-state index < -0.39 is 0 Å². The molecule has 6 heteroatoms. The zero-order valence-corrected chi connectivity index (χ0v) is 14.3. The van der Waals surface area contributed by atoms with Gasteiger partial charge in [0.25, 0.3) is 0 Å². The van der Waals surface area contributed by atoms with Crippen LogP contribution in [0.2, 0.25) is 0 Å². The lowest BCUT2D eigenvalue weighted by molar-refractivity contribution is -0.137. The molecule has 132 valence electrons. The number of esters is 1. The Bertz CT molecular complexity index is 550. The Morgan fingerprint density at radius 1 is 1.17 bits per heavy atom. The quantitative estimate of drug-likeness (QED) is 0.204. The molecule has 0 aliphatic rings. The minimum atomic E-state index is -0.379. The standard InChI is InChI=1S/C18H24O6/c1-4-23-17(19)11-6-5-8-15-9-7-10-16(21-3)18(15)24-14-22-13-12-20-2/h5-11H,4,12-14H2,1-3H3. The lowest BCUT2D eigenvalue weighted by Gasteiger charge is -2.13. The number of hydrogen-bond acceptors (Lipinski definition) is 6. The van der Waals surface area contributed by atoms with Crippen molar-refractivity contribution < 1.29 is 28.5 Å². The maximum absolute atomic E-state index is 11.2. The molecule has 6 nitrogen and oxygen atoms in total. The van der Waals surface area contributed by atoms with Crippen molar-refractivity contribution in [1.29, 1.82) is 0 Å². The first-order valence-corrected chi connectivity index (χ1v) is 7.60. The van der Waals surface area contributed by atoms with Gasteiger partial charge in [0, 0.05) is 18.7 Å². The number of ether oxygens (including phenoxy) is 5. The molecule has 0 unspecified atom stereocenters. The van der Waals surface area contributed by atoms with Gasteiger partial charge in [-0.3, -0.25) is 0 Å². The predicted octanol–water partition coefficient (Wildman–Crippen LogP) is 2.83. The predicted molar refractivity (Wildman–Crippen MR) is 91.1 cm³/mol. The highest BCUT2D eigenvalue weighted by Gasteiger charge is 2.08. The first-order valence-electron chi connectivity index (χ1n) is 7.60. The van der Waals surface area contributed by atoms with Crippen molar-refractivity contribution >= 4 is 12.0 Å². The fraction of sp³-hybridized carbons (Fsp3) is 0.389. The van der Waals surface area contributed by atoms with E-state index >= 15 is 0 Å². The molecule has 0 aliphatic carbocycles. The number of methoxy groups -OCH3 is 2. The smallest absolute Gasteiger partial charge is 0.330 e. The van der Waals surface area contributed by atoms with Gasteiger partial charge in [0.1, 0.15) is 0 Å². The summed E-state index contributed by atoms with van der Waals surface area (Å²) >= 11 is 0. The molecule has 0 heterocycles. The van der Waals surface area contributed by atoms with E-state index in [0.717, 1.165) is 5.56 Å². The van der Waals surface area contributed by atoms with Crippen LogP contribution in [0.5, 0.6) is 11.5 Å². The number of hydrogen-bond donors (Lipinski definition) is 0. The fourth-order valence-electron chi connectivity index (χ4n) is 1.76. The van der Waals surface area contributed by atoms with E-state index in [1.807, 2.05) is 18.2 Å². The molecule has 0 fully saturated rings. The summed E-state index contributed by atoms with van der Waals surface area (Å²) < 4.78 is 26.0. The van der Waals surface area contributed by atoms with E-state index in [4.69, 9.17) is 23.7 Å². The van der Waals surface area contributed by atoms with Gasteiger partial charge >= 0.3 is 5.97 Å². The molecule has 0 aromatic heterocycles. The summed E-state index contributed by atoms with van der Waals surface area (Å²) in [5.74, 6) is 0.788. The van der Waals surface area contributed by atoms with Gasteiger partial charge in [-0.15, -0.1) is 0 Å². The Balaban J connectivity index is 2.73. The van der Waals surface area contributed by atoms with Gasteiger partial charge in [-0.1, -0.05) is 30.4 Å². The van der Waals surface area contributed by atoms with Gasteiger partial charge in [-0.25, -0.2) is 4.79 Å². The van der Waals surface area contributed by atoms with E-state index in [2.05, 4.69) is 0 Å². The van der Waals surface area contributed by atoms with Crippen molar-refractivity contribution in [3.63, 3.8) is 0 Å². The summed E-state index contributed by atoms with van der Waals surface area (Å²) in [5.41, 5.74) is 0.804. The minimum Gasteiger partial charge on any atom is -0.493 e. The van der Waals surface area contributed by atoms with Crippen LogP contribution >= 0.6 is 0 Å². The first-order chi connectivity index (χ1) is 11.7. The monoisotopic (exact) mass is 336 g/mol. The van der Waals surface area contributed by atoms with Gasteiger partial charge < -0.3 is 23.7 Å². The van der Waals surface area contributed by atoms with Crippen LogP contribution in [0.4, 0.5) is 0 Å². The topological polar surface area (TPSA) is 63.2 Å². The normalized spacial score (nSPS) is 11.1. The average Bonchev–Trinajstić information content (AvgIpc) is 2.59. The van der Waals surface area contributed by atoms with Gasteiger partial charge in [0.15, 0.2) is 18.3 Å². The van der Waals surface area contributed by atoms with Crippen LogP contribution in [0.25, 0.3) is 6.08 Å². The second-order valence-corrected chi connectivity index (χ2v) is 4.51. The number of allylic oxidation sites excluding steroid dienone is 2. The first kappa shape index (κ1) is 19.7. The molecular formula is C18H24O6. The summed E-state index contributed by atoms with van der Waals surface area (Å²) in [6.07, 6.45) is 6.50. The Morgan fingerprint density at radius 2 is 2.00 bits per heavy atom. The summed E-state index contributed by atoms with van der Waals surface area (Å²) in [6.45, 7) is 3.14. The Kier molecular flexibility index (Phi) is 9.99. The van der Waals surface area contributed by atoms with Gasteiger partial charge in [0.2, 0.25) is 0 Å². The SMILES string of the molecule is CCOC(=O)C=CC=Cc1cccc(OC)c1OCOCCOC. The van der Waals surface area contributed by atoms with Gasteiger partial charge in [-0.2, -0.15) is 0 Å². The van der Waals surface area contributed by atoms with Crippen LogP contribution in [0.1, 0.15) is 12.5 Å². The molecule has 24 heavy (non-hydrogen) atoms. The summed E-state index contributed by atoms with van der Waals surface area (Å²) in [6, 6.07) is 5.53. The van der Waals surface area contributed by atoms with Crippen LogP contribution < -0.4 is 9.47 Å². The molecular weight excluding hydrogens is 312 g/mol. The zero-order valence-electron chi connectivity index (χ0n) is 14.3. The highest BCUT2D eigenvalue weighted by atomic mass is 16.7. The highest BCUT2D eigenvalue weighted by Crippen LogP contribution is 2.32. The molecule has 1 rings (SSSR count). The molecule has 0 saturated heterocycles. The molecule has 0 aliphatic heterocycles. The second-order valence-electron chi connectivity index (χ2n) is 4.51. The van der Waals surface area contributed by atoms with Crippen molar-refractivity contribution in [3.8, 4) is 11.5 Å². The molecule has 1 aromatic rings. The summed E-state index contributed by atoms with van der Waals surface area (Å²) in [7, 11) is 3.18. The van der Waals surface area contributed by atoms with E-state index in [1.54, 1.807) is 39.4 Å². The number of benzene rings is 1. The molecule has 0 amide bonds. The number of carbonyl (C=O) groups excluding carboxylic acids is 1. The van der Waals surface area contributed by atoms with Crippen molar-refractivity contribution in [3.05, 3.63) is 42.0 Å². The molecule has 0 radical (unpaired) electrons. The molecule has 0 saturated carbocycles. The third-order valence-corrected chi connectivity index (χ3v) is 2.85. The fourth-order valence-corrected chi connectivity index (χ4v) is 1.76. The maximum Gasteiger partial charge on any atom is 0.330 e. The summed E-state index contributed by atoms with van der Waals surface area (Å²) in [5, 5.41) is 0. The van der Waals surface area contributed by atoms with Gasteiger partial charge in [-0.05, 0) is 13.0 Å². The van der Waals surface area contributed by atoms with E-state index in [9.17, 15) is 4.79 Å². The summed E-state index contributed by atoms with van der Waals surface area (Å²) in [4.78, 5) is 11.2. The molecule has 0 N–H and O–H groups in total. The molecule has 0 atom stereocenters. The third-order valence-electron chi connectivity index (χ3n) is 2.85. The van der Waals surface area contributed by atoms with Crippen LogP contribution in [-0.2, 0) is 19.0 Å². The zero-order chi connectivity index (χ0) is 17.6.